The Morgan fingerprint density at radius 1 is 1.47 bits per heavy atom. The second kappa shape index (κ2) is 5.58. The van der Waals surface area contributed by atoms with Crippen LogP contribution in [0.2, 0.25) is 0 Å². The molecule has 0 spiro atoms. The van der Waals surface area contributed by atoms with Gasteiger partial charge in [-0.3, -0.25) is 4.18 Å². The highest BCUT2D eigenvalue weighted by atomic mass is 79.9. The molecular formula is C9H12BrNO3S. The summed E-state index contributed by atoms with van der Waals surface area (Å²) in [7, 11) is -3.46. The second-order valence-corrected chi connectivity index (χ2v) is 5.47. The monoisotopic (exact) mass is 293 g/mol. The minimum absolute atomic E-state index is 0.132. The van der Waals surface area contributed by atoms with Crippen LogP contribution in [0.1, 0.15) is 18.9 Å². The number of halogens is 1. The van der Waals surface area contributed by atoms with Gasteiger partial charge in [-0.05, 0) is 34.0 Å². The van der Waals surface area contributed by atoms with Crippen LogP contribution in [-0.2, 0) is 20.1 Å². The highest BCUT2D eigenvalue weighted by molar-refractivity contribution is 9.10. The number of aromatic nitrogens is 1. The molecule has 0 aliphatic heterocycles. The zero-order valence-electron chi connectivity index (χ0n) is 8.31. The van der Waals surface area contributed by atoms with E-state index >= 15 is 0 Å². The summed E-state index contributed by atoms with van der Waals surface area (Å²) in [6.45, 7) is 2.09. The number of hydrogen-bond donors (Lipinski definition) is 0. The summed E-state index contributed by atoms with van der Waals surface area (Å²) < 4.78 is 28.2. The van der Waals surface area contributed by atoms with Crippen LogP contribution in [-0.4, -0.2) is 20.0 Å². The van der Waals surface area contributed by atoms with Gasteiger partial charge in [0.1, 0.15) is 10.4 Å². The molecule has 84 valence electrons. The lowest BCUT2D eigenvalue weighted by atomic mass is 10.3. The van der Waals surface area contributed by atoms with Crippen molar-refractivity contribution < 1.29 is 12.6 Å². The predicted octanol–water partition coefficient (Wildman–Crippen LogP) is 2.10. The van der Waals surface area contributed by atoms with Crippen LogP contribution in [0, 0.1) is 0 Å². The Bertz CT molecular complexity index is 402. The van der Waals surface area contributed by atoms with Gasteiger partial charge >= 0.3 is 0 Å². The lowest BCUT2D eigenvalue weighted by molar-refractivity contribution is 0.317. The van der Waals surface area contributed by atoms with Crippen LogP contribution in [0.4, 0.5) is 0 Å². The summed E-state index contributed by atoms with van der Waals surface area (Å²) >= 11 is 3.18. The van der Waals surface area contributed by atoms with E-state index in [1.807, 2.05) is 6.92 Å². The molecule has 1 heterocycles. The minimum atomic E-state index is -3.46. The molecule has 0 aliphatic carbocycles. The highest BCUT2D eigenvalue weighted by Crippen LogP contribution is 2.10. The molecule has 0 radical (unpaired) electrons. The smallest absolute Gasteiger partial charge is 0.270 e. The van der Waals surface area contributed by atoms with Gasteiger partial charge in [0.15, 0.2) is 0 Å². The average molecular weight is 294 g/mol. The molecule has 0 bridgehead atoms. The first kappa shape index (κ1) is 12.6. The van der Waals surface area contributed by atoms with Crippen molar-refractivity contribution >= 4 is 26.0 Å². The Kier molecular flexibility index (Phi) is 4.69. The molecule has 0 saturated carbocycles. The lowest BCUT2D eigenvalue weighted by Crippen LogP contribution is -2.09. The van der Waals surface area contributed by atoms with E-state index in [1.165, 1.54) is 6.20 Å². The third kappa shape index (κ3) is 4.72. The van der Waals surface area contributed by atoms with Gasteiger partial charge in [0.25, 0.3) is 10.1 Å². The fraction of sp³-hybridized carbons (Fsp3) is 0.444. The fourth-order valence-electron chi connectivity index (χ4n) is 0.948. The molecule has 0 N–H and O–H groups in total. The van der Waals surface area contributed by atoms with E-state index in [4.69, 9.17) is 4.18 Å². The Balaban J connectivity index is 2.65. The maximum absolute atomic E-state index is 11.4. The summed E-state index contributed by atoms with van der Waals surface area (Å²) in [5.41, 5.74) is 0.620. The van der Waals surface area contributed by atoms with E-state index < -0.39 is 10.1 Å². The van der Waals surface area contributed by atoms with Crippen molar-refractivity contribution in [1.82, 2.24) is 4.98 Å². The van der Waals surface area contributed by atoms with Crippen molar-refractivity contribution in [3.63, 3.8) is 0 Å². The third-order valence-electron chi connectivity index (χ3n) is 1.60. The lowest BCUT2D eigenvalue weighted by Gasteiger charge is -2.03. The Morgan fingerprint density at radius 3 is 2.73 bits per heavy atom. The Labute approximate surface area is 97.9 Å². The summed E-state index contributed by atoms with van der Waals surface area (Å²) in [5.74, 6) is -0.132. The van der Waals surface area contributed by atoms with Gasteiger partial charge in [-0.1, -0.05) is 13.0 Å². The molecule has 0 atom stereocenters. The van der Waals surface area contributed by atoms with Crippen molar-refractivity contribution in [2.75, 3.05) is 6.61 Å². The summed E-state index contributed by atoms with van der Waals surface area (Å²) in [6.07, 6.45) is 2.19. The van der Waals surface area contributed by atoms with Gasteiger partial charge in [0, 0.05) is 6.20 Å². The predicted molar refractivity (Wildman–Crippen MR) is 60.8 cm³/mol. The SMILES string of the molecule is CCCOS(=O)(=O)Cc1ccc(Br)nc1. The number of pyridine rings is 1. The highest BCUT2D eigenvalue weighted by Gasteiger charge is 2.11. The molecule has 0 aliphatic rings. The quantitative estimate of drug-likeness (QED) is 0.616. The van der Waals surface area contributed by atoms with Gasteiger partial charge in [-0.2, -0.15) is 8.42 Å². The first-order chi connectivity index (χ1) is 7.03. The Morgan fingerprint density at radius 2 is 2.20 bits per heavy atom. The van der Waals surface area contributed by atoms with Crippen molar-refractivity contribution in [3.8, 4) is 0 Å². The average Bonchev–Trinajstić information content (AvgIpc) is 2.18. The van der Waals surface area contributed by atoms with Gasteiger partial charge < -0.3 is 0 Å². The van der Waals surface area contributed by atoms with E-state index in [0.29, 0.717) is 16.6 Å². The zero-order chi connectivity index (χ0) is 11.3. The van der Waals surface area contributed by atoms with Crippen LogP contribution >= 0.6 is 15.9 Å². The van der Waals surface area contributed by atoms with Crippen LogP contribution in [0.15, 0.2) is 22.9 Å². The van der Waals surface area contributed by atoms with Crippen LogP contribution < -0.4 is 0 Å². The maximum atomic E-state index is 11.4. The molecule has 1 aromatic rings. The van der Waals surface area contributed by atoms with E-state index in [0.717, 1.165) is 0 Å². The van der Waals surface area contributed by atoms with Crippen LogP contribution in [0.25, 0.3) is 0 Å². The number of rotatable bonds is 5. The maximum Gasteiger partial charge on any atom is 0.271 e. The zero-order valence-corrected chi connectivity index (χ0v) is 10.7. The standard InChI is InChI=1S/C9H12BrNO3S/c1-2-5-14-15(12,13)7-8-3-4-9(10)11-6-8/h3-4,6H,2,5,7H2,1H3. The fourth-order valence-corrected chi connectivity index (χ4v) is 2.27. The summed E-state index contributed by atoms with van der Waals surface area (Å²) in [4.78, 5) is 3.94. The topological polar surface area (TPSA) is 56.3 Å². The minimum Gasteiger partial charge on any atom is -0.270 e. The second-order valence-electron chi connectivity index (χ2n) is 3.01. The van der Waals surface area contributed by atoms with Crippen molar-refractivity contribution in [2.45, 2.75) is 19.1 Å². The van der Waals surface area contributed by atoms with E-state index in [-0.39, 0.29) is 12.4 Å². The molecule has 1 rings (SSSR count). The molecule has 15 heavy (non-hydrogen) atoms. The third-order valence-corrected chi connectivity index (χ3v) is 3.28. The van der Waals surface area contributed by atoms with Gasteiger partial charge in [-0.15, -0.1) is 0 Å². The molecule has 1 aromatic heterocycles. The van der Waals surface area contributed by atoms with Gasteiger partial charge in [0.2, 0.25) is 0 Å². The molecule has 6 heteroatoms. The molecule has 0 aromatic carbocycles. The molecule has 0 amide bonds. The molecule has 4 nitrogen and oxygen atoms in total. The van der Waals surface area contributed by atoms with Crippen molar-refractivity contribution in [1.29, 1.82) is 0 Å². The Hall–Kier alpha value is -0.460. The summed E-state index contributed by atoms with van der Waals surface area (Å²) in [5, 5.41) is 0. The van der Waals surface area contributed by atoms with Crippen LogP contribution in [0.3, 0.4) is 0 Å². The van der Waals surface area contributed by atoms with Crippen molar-refractivity contribution in [3.05, 3.63) is 28.5 Å². The van der Waals surface area contributed by atoms with Gasteiger partial charge in [0.05, 0.1) is 6.61 Å². The van der Waals surface area contributed by atoms with E-state index in [1.54, 1.807) is 12.1 Å². The van der Waals surface area contributed by atoms with Crippen LogP contribution in [0.5, 0.6) is 0 Å². The number of hydrogen-bond acceptors (Lipinski definition) is 4. The summed E-state index contributed by atoms with van der Waals surface area (Å²) in [6, 6.07) is 3.40. The molecule has 0 fully saturated rings. The van der Waals surface area contributed by atoms with Crippen molar-refractivity contribution in [2.24, 2.45) is 0 Å². The molecule has 0 unspecified atom stereocenters. The first-order valence-corrected chi connectivity index (χ1v) is 6.88. The van der Waals surface area contributed by atoms with E-state index in [2.05, 4.69) is 20.9 Å². The normalized spacial score (nSPS) is 11.6. The van der Waals surface area contributed by atoms with E-state index in [9.17, 15) is 8.42 Å². The number of nitrogens with zero attached hydrogens (tertiary/aromatic N) is 1. The van der Waals surface area contributed by atoms with Gasteiger partial charge in [-0.25, -0.2) is 4.98 Å². The molecule has 0 saturated heterocycles. The first-order valence-electron chi connectivity index (χ1n) is 4.51. The largest absolute Gasteiger partial charge is 0.271 e. The molecular weight excluding hydrogens is 282 g/mol.